The summed E-state index contributed by atoms with van der Waals surface area (Å²) >= 11 is 0. The molecule has 130 valence electrons. The van der Waals surface area contributed by atoms with Crippen LogP contribution in [0.5, 0.6) is 0 Å². The van der Waals surface area contributed by atoms with Gasteiger partial charge in [0.15, 0.2) is 0 Å². The SMILES string of the molecule is CCCCCNC(=O)c1cc2c(=O)n3ccccc3nc2n(C)c1=N. The van der Waals surface area contributed by atoms with Crippen molar-refractivity contribution in [1.82, 2.24) is 19.3 Å². The summed E-state index contributed by atoms with van der Waals surface area (Å²) in [6, 6.07) is 6.76. The summed E-state index contributed by atoms with van der Waals surface area (Å²) in [4.78, 5) is 29.6. The van der Waals surface area contributed by atoms with Gasteiger partial charge in [-0.15, -0.1) is 0 Å². The Hall–Kier alpha value is -2.96. The van der Waals surface area contributed by atoms with E-state index in [1.165, 1.54) is 15.0 Å². The van der Waals surface area contributed by atoms with Crippen LogP contribution in [0.1, 0.15) is 36.5 Å². The van der Waals surface area contributed by atoms with Crippen molar-refractivity contribution in [2.45, 2.75) is 26.2 Å². The molecular formula is C18H21N5O2. The molecule has 0 spiro atoms. The molecule has 25 heavy (non-hydrogen) atoms. The zero-order valence-electron chi connectivity index (χ0n) is 14.4. The summed E-state index contributed by atoms with van der Waals surface area (Å²) in [5.41, 5.74) is 0.862. The van der Waals surface area contributed by atoms with Gasteiger partial charge in [-0.25, -0.2) is 4.98 Å². The van der Waals surface area contributed by atoms with Gasteiger partial charge in [0.2, 0.25) is 0 Å². The predicted octanol–water partition coefficient (Wildman–Crippen LogP) is 1.59. The van der Waals surface area contributed by atoms with Crippen LogP contribution in [0.3, 0.4) is 0 Å². The Bertz CT molecular complexity index is 1060. The van der Waals surface area contributed by atoms with Crippen molar-refractivity contribution in [3.63, 3.8) is 0 Å². The van der Waals surface area contributed by atoms with Crippen molar-refractivity contribution in [1.29, 1.82) is 5.41 Å². The molecule has 0 saturated carbocycles. The Balaban J connectivity index is 2.12. The highest BCUT2D eigenvalue weighted by Gasteiger charge is 2.15. The van der Waals surface area contributed by atoms with Gasteiger partial charge >= 0.3 is 0 Å². The minimum Gasteiger partial charge on any atom is -0.352 e. The van der Waals surface area contributed by atoms with E-state index in [4.69, 9.17) is 5.41 Å². The lowest BCUT2D eigenvalue weighted by Gasteiger charge is -2.11. The molecule has 2 N–H and O–H groups in total. The van der Waals surface area contributed by atoms with E-state index < -0.39 is 0 Å². The van der Waals surface area contributed by atoms with Crippen molar-refractivity contribution in [3.8, 4) is 0 Å². The first-order valence-corrected chi connectivity index (χ1v) is 8.38. The number of hydrogen-bond donors (Lipinski definition) is 2. The van der Waals surface area contributed by atoms with E-state index in [-0.39, 0.29) is 22.5 Å². The average molecular weight is 339 g/mol. The second-order valence-electron chi connectivity index (χ2n) is 6.01. The van der Waals surface area contributed by atoms with Crippen LogP contribution in [-0.4, -0.2) is 26.4 Å². The maximum Gasteiger partial charge on any atom is 0.267 e. The Morgan fingerprint density at radius 3 is 2.88 bits per heavy atom. The first-order valence-electron chi connectivity index (χ1n) is 8.38. The summed E-state index contributed by atoms with van der Waals surface area (Å²) in [6.45, 7) is 2.65. The summed E-state index contributed by atoms with van der Waals surface area (Å²) in [6.07, 6.45) is 4.64. The summed E-state index contributed by atoms with van der Waals surface area (Å²) in [5, 5.41) is 11.4. The molecule has 0 aliphatic heterocycles. The molecule has 0 aliphatic rings. The van der Waals surface area contributed by atoms with Crippen molar-refractivity contribution in [2.75, 3.05) is 6.54 Å². The maximum atomic E-state index is 12.7. The molecule has 0 aliphatic carbocycles. The third-order valence-electron chi connectivity index (χ3n) is 4.26. The van der Waals surface area contributed by atoms with Crippen LogP contribution < -0.4 is 16.4 Å². The number of aromatic nitrogens is 3. The molecule has 7 heteroatoms. The van der Waals surface area contributed by atoms with Crippen molar-refractivity contribution in [3.05, 3.63) is 51.9 Å². The molecule has 3 aromatic heterocycles. The van der Waals surface area contributed by atoms with Crippen molar-refractivity contribution in [2.24, 2.45) is 7.05 Å². The molecule has 0 radical (unpaired) electrons. The predicted molar refractivity (Wildman–Crippen MR) is 95.7 cm³/mol. The third-order valence-corrected chi connectivity index (χ3v) is 4.26. The van der Waals surface area contributed by atoms with Crippen LogP contribution >= 0.6 is 0 Å². The largest absolute Gasteiger partial charge is 0.352 e. The molecular weight excluding hydrogens is 318 g/mol. The van der Waals surface area contributed by atoms with Crippen LogP contribution in [0, 0.1) is 5.41 Å². The number of nitrogens with zero attached hydrogens (tertiary/aromatic N) is 3. The summed E-state index contributed by atoms with van der Waals surface area (Å²) in [5.74, 6) is -0.337. The molecule has 3 aromatic rings. The number of unbranched alkanes of at least 4 members (excludes halogenated alkanes) is 2. The average Bonchev–Trinajstić information content (AvgIpc) is 2.62. The van der Waals surface area contributed by atoms with E-state index in [2.05, 4.69) is 17.2 Å². The summed E-state index contributed by atoms with van der Waals surface area (Å²) in [7, 11) is 1.64. The number of aryl methyl sites for hydroxylation is 1. The van der Waals surface area contributed by atoms with Crippen LogP contribution in [0.25, 0.3) is 16.7 Å². The number of amides is 1. The maximum absolute atomic E-state index is 12.7. The summed E-state index contributed by atoms with van der Waals surface area (Å²) < 4.78 is 2.92. The molecule has 0 fully saturated rings. The lowest BCUT2D eigenvalue weighted by Crippen LogP contribution is -2.34. The van der Waals surface area contributed by atoms with Gasteiger partial charge in [-0.1, -0.05) is 25.8 Å². The van der Waals surface area contributed by atoms with Crippen LogP contribution in [0.15, 0.2) is 35.3 Å². The first-order chi connectivity index (χ1) is 12.0. The Morgan fingerprint density at radius 2 is 2.12 bits per heavy atom. The fourth-order valence-electron chi connectivity index (χ4n) is 2.82. The zero-order chi connectivity index (χ0) is 18.0. The fraction of sp³-hybridized carbons (Fsp3) is 0.333. The first kappa shape index (κ1) is 16.9. The molecule has 0 bridgehead atoms. The smallest absolute Gasteiger partial charge is 0.267 e. The van der Waals surface area contributed by atoms with Gasteiger partial charge in [0.1, 0.15) is 16.8 Å². The van der Waals surface area contributed by atoms with E-state index in [9.17, 15) is 9.59 Å². The molecule has 7 nitrogen and oxygen atoms in total. The number of pyridine rings is 2. The van der Waals surface area contributed by atoms with Gasteiger partial charge in [0.05, 0.1) is 10.9 Å². The quantitative estimate of drug-likeness (QED) is 0.546. The lowest BCUT2D eigenvalue weighted by molar-refractivity contribution is 0.0950. The molecule has 3 rings (SSSR count). The second-order valence-corrected chi connectivity index (χ2v) is 6.01. The molecule has 0 unspecified atom stereocenters. The lowest BCUT2D eigenvalue weighted by atomic mass is 10.2. The van der Waals surface area contributed by atoms with E-state index in [0.29, 0.717) is 23.2 Å². The Morgan fingerprint density at radius 1 is 1.32 bits per heavy atom. The van der Waals surface area contributed by atoms with E-state index in [1.54, 1.807) is 31.4 Å². The van der Waals surface area contributed by atoms with Crippen LogP contribution in [0.2, 0.25) is 0 Å². The third kappa shape index (κ3) is 3.05. The van der Waals surface area contributed by atoms with Gasteiger partial charge in [-0.05, 0) is 24.6 Å². The van der Waals surface area contributed by atoms with E-state index in [1.807, 2.05) is 0 Å². The number of nitrogens with one attached hydrogen (secondary N) is 2. The Kier molecular flexibility index (Phi) is 4.65. The molecule has 0 atom stereocenters. The zero-order valence-corrected chi connectivity index (χ0v) is 14.4. The number of hydrogen-bond acceptors (Lipinski definition) is 4. The van der Waals surface area contributed by atoms with Crippen molar-refractivity contribution >= 4 is 22.6 Å². The van der Waals surface area contributed by atoms with Gasteiger partial charge in [-0.2, -0.15) is 0 Å². The minimum atomic E-state index is -0.337. The van der Waals surface area contributed by atoms with Gasteiger partial charge < -0.3 is 9.88 Å². The Labute approximate surface area is 144 Å². The highest BCUT2D eigenvalue weighted by molar-refractivity contribution is 5.96. The van der Waals surface area contributed by atoms with Crippen molar-refractivity contribution < 1.29 is 4.79 Å². The number of carbonyl (C=O) groups excluding carboxylic acids is 1. The van der Waals surface area contributed by atoms with Crippen LogP contribution in [0.4, 0.5) is 0 Å². The minimum absolute atomic E-state index is 0.0349. The van der Waals surface area contributed by atoms with E-state index in [0.717, 1.165) is 19.3 Å². The normalized spacial score (nSPS) is 11.1. The van der Waals surface area contributed by atoms with Gasteiger partial charge in [0, 0.05) is 19.8 Å². The highest BCUT2D eigenvalue weighted by Crippen LogP contribution is 2.09. The van der Waals surface area contributed by atoms with Crippen LogP contribution in [-0.2, 0) is 7.05 Å². The number of rotatable bonds is 5. The van der Waals surface area contributed by atoms with Gasteiger partial charge in [-0.3, -0.25) is 19.4 Å². The molecule has 0 aromatic carbocycles. The standard InChI is InChI=1S/C18H21N5O2/c1-3-4-6-9-20-17(24)12-11-13-16(22(2)15(12)19)21-14-8-5-7-10-23(14)18(13)25/h5,7-8,10-11,19H,3-4,6,9H2,1-2H3,(H,20,24). The molecule has 3 heterocycles. The fourth-order valence-corrected chi connectivity index (χ4v) is 2.82. The number of carbonyl (C=O) groups is 1. The van der Waals surface area contributed by atoms with E-state index >= 15 is 0 Å². The molecule has 1 amide bonds. The van der Waals surface area contributed by atoms with Gasteiger partial charge in [0.25, 0.3) is 11.5 Å². The molecule has 0 saturated heterocycles. The highest BCUT2D eigenvalue weighted by atomic mass is 16.1. The number of fused-ring (bicyclic) bond motifs is 2. The second kappa shape index (κ2) is 6.88. The topological polar surface area (TPSA) is 92.2 Å². The monoisotopic (exact) mass is 339 g/mol.